The number of fused-ring (bicyclic) bond motifs is 1. The molecule has 0 aromatic carbocycles. The van der Waals surface area contributed by atoms with E-state index in [4.69, 9.17) is 4.42 Å². The summed E-state index contributed by atoms with van der Waals surface area (Å²) in [4.78, 5) is 8.41. The van der Waals surface area contributed by atoms with Crippen molar-refractivity contribution in [3.8, 4) is 11.5 Å². The van der Waals surface area contributed by atoms with Gasteiger partial charge in [0.1, 0.15) is 11.5 Å². The van der Waals surface area contributed by atoms with Gasteiger partial charge in [0.2, 0.25) is 0 Å². The van der Waals surface area contributed by atoms with E-state index in [0.29, 0.717) is 0 Å². The molecule has 74 valence electrons. The summed E-state index contributed by atoms with van der Waals surface area (Å²) in [6.07, 6.45) is 7.24. The first-order valence-corrected chi connectivity index (χ1v) is 4.68. The first kappa shape index (κ1) is 8.23. The summed E-state index contributed by atoms with van der Waals surface area (Å²) < 4.78 is 7.42. The van der Waals surface area contributed by atoms with Crippen LogP contribution in [0.25, 0.3) is 17.1 Å². The third kappa shape index (κ3) is 1.30. The molecule has 0 aliphatic heterocycles. The Labute approximate surface area is 86.2 Å². The minimum absolute atomic E-state index is 0.788. The van der Waals surface area contributed by atoms with Crippen LogP contribution in [0.5, 0.6) is 0 Å². The molecule has 0 saturated heterocycles. The largest absolute Gasteiger partial charge is 0.460 e. The third-order valence-corrected chi connectivity index (χ3v) is 2.26. The highest BCUT2D eigenvalue weighted by Crippen LogP contribution is 2.20. The van der Waals surface area contributed by atoms with Gasteiger partial charge in [-0.3, -0.25) is 4.98 Å². The Morgan fingerprint density at radius 3 is 3.00 bits per heavy atom. The van der Waals surface area contributed by atoms with Crippen LogP contribution >= 0.6 is 0 Å². The van der Waals surface area contributed by atoms with Crippen molar-refractivity contribution in [1.29, 1.82) is 0 Å². The average Bonchev–Trinajstić information content (AvgIpc) is 2.82. The fourth-order valence-corrected chi connectivity index (χ4v) is 1.53. The van der Waals surface area contributed by atoms with Gasteiger partial charge >= 0.3 is 0 Å². The van der Waals surface area contributed by atoms with Crippen molar-refractivity contribution in [3.63, 3.8) is 0 Å². The second-order valence-electron chi connectivity index (χ2n) is 3.38. The quantitative estimate of drug-likeness (QED) is 0.604. The van der Waals surface area contributed by atoms with Gasteiger partial charge in [-0.05, 0) is 19.1 Å². The summed E-state index contributed by atoms with van der Waals surface area (Å²) >= 11 is 0. The lowest BCUT2D eigenvalue weighted by Crippen LogP contribution is -1.81. The number of aromatic nitrogens is 3. The van der Waals surface area contributed by atoms with Gasteiger partial charge in [-0.15, -0.1) is 0 Å². The van der Waals surface area contributed by atoms with E-state index in [1.54, 1.807) is 12.4 Å². The maximum atomic E-state index is 5.50. The lowest BCUT2D eigenvalue weighted by atomic mass is 10.3. The zero-order chi connectivity index (χ0) is 10.3. The van der Waals surface area contributed by atoms with Crippen LogP contribution in [-0.2, 0) is 0 Å². The molecule has 15 heavy (non-hydrogen) atoms. The standard InChI is InChI=1S/C11H9N3O/c1-8-2-3-10(15-8)9-7-14-5-4-12-6-11(14)13-9/h2-7H,1H3. The molecule has 0 aliphatic rings. The van der Waals surface area contributed by atoms with E-state index in [2.05, 4.69) is 9.97 Å². The Hall–Kier alpha value is -2.10. The van der Waals surface area contributed by atoms with E-state index in [-0.39, 0.29) is 0 Å². The predicted octanol–water partition coefficient (Wildman–Crippen LogP) is 2.30. The molecule has 0 radical (unpaired) electrons. The summed E-state index contributed by atoms with van der Waals surface area (Å²) in [5, 5.41) is 0. The molecule has 0 N–H and O–H groups in total. The fourth-order valence-electron chi connectivity index (χ4n) is 1.53. The van der Waals surface area contributed by atoms with Crippen molar-refractivity contribution in [2.45, 2.75) is 6.92 Å². The van der Waals surface area contributed by atoms with Crippen molar-refractivity contribution in [3.05, 3.63) is 42.7 Å². The normalized spacial score (nSPS) is 11.0. The summed E-state index contributed by atoms with van der Waals surface area (Å²) in [6, 6.07) is 3.85. The summed E-state index contributed by atoms with van der Waals surface area (Å²) in [6.45, 7) is 1.92. The highest BCUT2D eigenvalue weighted by molar-refractivity contribution is 5.56. The number of hydrogen-bond acceptors (Lipinski definition) is 3. The van der Waals surface area contributed by atoms with Gasteiger partial charge in [-0.25, -0.2) is 4.98 Å². The maximum absolute atomic E-state index is 5.50. The van der Waals surface area contributed by atoms with Gasteiger partial charge in [-0.2, -0.15) is 0 Å². The first-order chi connectivity index (χ1) is 7.33. The zero-order valence-corrected chi connectivity index (χ0v) is 8.21. The van der Waals surface area contributed by atoms with E-state index in [9.17, 15) is 0 Å². The second kappa shape index (κ2) is 2.95. The van der Waals surface area contributed by atoms with Gasteiger partial charge in [0.25, 0.3) is 0 Å². The molecule has 3 aromatic rings. The first-order valence-electron chi connectivity index (χ1n) is 4.68. The van der Waals surface area contributed by atoms with Crippen molar-refractivity contribution >= 4 is 5.65 Å². The topological polar surface area (TPSA) is 43.3 Å². The minimum atomic E-state index is 0.788. The lowest BCUT2D eigenvalue weighted by molar-refractivity contribution is 0.547. The number of rotatable bonds is 1. The van der Waals surface area contributed by atoms with E-state index in [1.807, 2.05) is 35.9 Å². The molecule has 3 rings (SSSR count). The zero-order valence-electron chi connectivity index (χ0n) is 8.21. The van der Waals surface area contributed by atoms with E-state index in [0.717, 1.165) is 22.9 Å². The van der Waals surface area contributed by atoms with Crippen molar-refractivity contribution in [1.82, 2.24) is 14.4 Å². The number of imidazole rings is 1. The average molecular weight is 199 g/mol. The minimum Gasteiger partial charge on any atom is -0.460 e. The van der Waals surface area contributed by atoms with Crippen LogP contribution in [0.2, 0.25) is 0 Å². The summed E-state index contributed by atoms with van der Waals surface area (Å²) in [5.41, 5.74) is 1.65. The van der Waals surface area contributed by atoms with E-state index < -0.39 is 0 Å². The van der Waals surface area contributed by atoms with Crippen molar-refractivity contribution < 1.29 is 4.42 Å². The van der Waals surface area contributed by atoms with Crippen molar-refractivity contribution in [2.24, 2.45) is 0 Å². The predicted molar refractivity (Wildman–Crippen MR) is 55.4 cm³/mol. The van der Waals surface area contributed by atoms with E-state index in [1.165, 1.54) is 0 Å². The highest BCUT2D eigenvalue weighted by atomic mass is 16.3. The molecule has 0 bridgehead atoms. The summed E-state index contributed by atoms with van der Waals surface area (Å²) in [7, 11) is 0. The van der Waals surface area contributed by atoms with Gasteiger partial charge in [0.05, 0.1) is 6.20 Å². The molecular formula is C11H9N3O. The monoisotopic (exact) mass is 199 g/mol. The molecule has 3 aromatic heterocycles. The summed E-state index contributed by atoms with van der Waals surface area (Å²) in [5.74, 6) is 1.68. The molecule has 0 saturated carbocycles. The van der Waals surface area contributed by atoms with Gasteiger partial charge < -0.3 is 8.82 Å². The number of hydrogen-bond donors (Lipinski definition) is 0. The molecule has 0 aliphatic carbocycles. The number of aryl methyl sites for hydroxylation is 1. The molecule has 0 spiro atoms. The third-order valence-electron chi connectivity index (χ3n) is 2.26. The van der Waals surface area contributed by atoms with Crippen LogP contribution in [0, 0.1) is 6.92 Å². The Morgan fingerprint density at radius 1 is 1.33 bits per heavy atom. The Bertz CT molecular complexity index is 576. The highest BCUT2D eigenvalue weighted by Gasteiger charge is 2.07. The van der Waals surface area contributed by atoms with Crippen LogP contribution in [0.1, 0.15) is 5.76 Å². The van der Waals surface area contributed by atoms with Crippen molar-refractivity contribution in [2.75, 3.05) is 0 Å². The lowest BCUT2D eigenvalue weighted by Gasteiger charge is -1.86. The molecule has 0 unspecified atom stereocenters. The van der Waals surface area contributed by atoms with Crippen LogP contribution in [-0.4, -0.2) is 14.4 Å². The van der Waals surface area contributed by atoms with Crippen LogP contribution in [0.4, 0.5) is 0 Å². The molecular weight excluding hydrogens is 190 g/mol. The smallest absolute Gasteiger partial charge is 0.156 e. The van der Waals surface area contributed by atoms with Crippen LogP contribution < -0.4 is 0 Å². The number of furan rings is 1. The molecule has 4 nitrogen and oxygen atoms in total. The van der Waals surface area contributed by atoms with Crippen LogP contribution in [0.15, 0.2) is 41.3 Å². The van der Waals surface area contributed by atoms with Crippen LogP contribution in [0.3, 0.4) is 0 Å². The van der Waals surface area contributed by atoms with E-state index >= 15 is 0 Å². The Kier molecular flexibility index (Phi) is 1.62. The van der Waals surface area contributed by atoms with Gasteiger partial charge in [0, 0.05) is 18.6 Å². The molecule has 4 heteroatoms. The molecule has 0 fully saturated rings. The maximum Gasteiger partial charge on any atom is 0.156 e. The van der Waals surface area contributed by atoms with Gasteiger partial charge in [-0.1, -0.05) is 0 Å². The van der Waals surface area contributed by atoms with Gasteiger partial charge in [0.15, 0.2) is 11.4 Å². The SMILES string of the molecule is Cc1ccc(-c2cn3ccncc3n2)o1. The molecule has 0 atom stereocenters. The second-order valence-corrected chi connectivity index (χ2v) is 3.38. The molecule has 3 heterocycles. The Balaban J connectivity index is 2.19. The number of nitrogens with zero attached hydrogens (tertiary/aromatic N) is 3. The Morgan fingerprint density at radius 2 is 2.27 bits per heavy atom. The fraction of sp³-hybridized carbons (Fsp3) is 0.0909. The molecule has 0 amide bonds.